The van der Waals surface area contributed by atoms with E-state index in [1.54, 1.807) is 42.9 Å². The Labute approximate surface area is 188 Å². The van der Waals surface area contributed by atoms with Crippen LogP contribution in [-0.2, 0) is 6.54 Å². The Morgan fingerprint density at radius 3 is 2.94 bits per heavy atom. The zero-order chi connectivity index (χ0) is 22.9. The summed E-state index contributed by atoms with van der Waals surface area (Å²) in [6, 6.07) is 6.76. The van der Waals surface area contributed by atoms with Crippen molar-refractivity contribution in [2.24, 2.45) is 0 Å². The van der Waals surface area contributed by atoms with Crippen LogP contribution in [0.25, 0.3) is 16.9 Å². The number of aliphatic hydroxyl groups is 2. The van der Waals surface area contributed by atoms with E-state index in [1.165, 1.54) is 29.4 Å². The molecule has 4 aromatic rings. The zero-order valence-electron chi connectivity index (χ0n) is 17.4. The molecular formula is C21H21ClN6O4. The van der Waals surface area contributed by atoms with Crippen LogP contribution in [0.1, 0.15) is 17.3 Å². The van der Waals surface area contributed by atoms with E-state index >= 15 is 0 Å². The molecule has 10 nitrogen and oxygen atoms in total. The number of ether oxygens (including phenoxy) is 1. The van der Waals surface area contributed by atoms with Crippen molar-refractivity contribution in [1.29, 1.82) is 0 Å². The highest BCUT2D eigenvalue weighted by atomic mass is 35.5. The summed E-state index contributed by atoms with van der Waals surface area (Å²) in [6.45, 7) is 1.02. The molecule has 32 heavy (non-hydrogen) atoms. The monoisotopic (exact) mass is 456 g/mol. The van der Waals surface area contributed by atoms with E-state index in [0.717, 1.165) is 0 Å². The zero-order valence-corrected chi connectivity index (χ0v) is 18.1. The molecule has 0 aliphatic rings. The minimum absolute atomic E-state index is 0.00643. The standard InChI is InChI=1S/C21H21ClN6O4/c1-21(31,12-29)11-27-10-16(18(26-27)14-8-13(22)4-5-17(14)32-2)25-20(30)15-9-24-28-7-3-6-23-19(15)28/h3-10,29,31H,11-12H2,1-2H3,(H,25,30)/t21-/m0/s1. The number of aromatic nitrogens is 5. The summed E-state index contributed by atoms with van der Waals surface area (Å²) in [7, 11) is 1.52. The summed E-state index contributed by atoms with van der Waals surface area (Å²) in [4.78, 5) is 17.3. The number of nitrogens with zero attached hydrogens (tertiary/aromatic N) is 5. The van der Waals surface area contributed by atoms with Crippen LogP contribution in [0, 0.1) is 0 Å². The molecule has 4 rings (SSSR count). The van der Waals surface area contributed by atoms with Crippen molar-refractivity contribution in [3.05, 3.63) is 59.6 Å². The van der Waals surface area contributed by atoms with Crippen molar-refractivity contribution in [2.45, 2.75) is 19.1 Å². The highest BCUT2D eigenvalue weighted by Gasteiger charge is 2.24. The Balaban J connectivity index is 1.77. The van der Waals surface area contributed by atoms with Crippen LogP contribution in [0.2, 0.25) is 5.02 Å². The number of nitrogens with one attached hydrogen (secondary N) is 1. The van der Waals surface area contributed by atoms with Gasteiger partial charge >= 0.3 is 0 Å². The van der Waals surface area contributed by atoms with Gasteiger partial charge in [-0.05, 0) is 31.2 Å². The van der Waals surface area contributed by atoms with Gasteiger partial charge in [0.2, 0.25) is 0 Å². The van der Waals surface area contributed by atoms with Crippen molar-refractivity contribution < 1.29 is 19.7 Å². The lowest BCUT2D eigenvalue weighted by molar-refractivity contribution is -0.0144. The molecule has 0 aliphatic carbocycles. The van der Waals surface area contributed by atoms with Gasteiger partial charge in [-0.1, -0.05) is 11.6 Å². The maximum atomic E-state index is 13.1. The van der Waals surface area contributed by atoms with E-state index in [9.17, 15) is 15.0 Å². The summed E-state index contributed by atoms with van der Waals surface area (Å²) in [6.07, 6.45) is 6.26. The topological polar surface area (TPSA) is 127 Å². The smallest absolute Gasteiger partial charge is 0.261 e. The molecular weight excluding hydrogens is 436 g/mol. The molecule has 1 amide bonds. The summed E-state index contributed by atoms with van der Waals surface area (Å²) in [5.74, 6) is 0.0659. The molecule has 0 spiro atoms. The molecule has 166 valence electrons. The first-order chi connectivity index (χ1) is 15.3. The lowest BCUT2D eigenvalue weighted by Crippen LogP contribution is -2.34. The number of rotatable bonds is 7. The number of methoxy groups -OCH3 is 1. The van der Waals surface area contributed by atoms with Gasteiger partial charge < -0.3 is 20.3 Å². The van der Waals surface area contributed by atoms with E-state index in [1.807, 2.05) is 0 Å². The number of hydrogen-bond donors (Lipinski definition) is 3. The van der Waals surface area contributed by atoms with E-state index in [0.29, 0.717) is 33.4 Å². The van der Waals surface area contributed by atoms with Crippen molar-refractivity contribution in [2.75, 3.05) is 19.0 Å². The van der Waals surface area contributed by atoms with Gasteiger partial charge in [-0.15, -0.1) is 0 Å². The molecule has 11 heteroatoms. The number of hydrogen-bond acceptors (Lipinski definition) is 7. The number of carbonyl (C=O) groups excluding carboxylic acids is 1. The van der Waals surface area contributed by atoms with E-state index < -0.39 is 18.1 Å². The van der Waals surface area contributed by atoms with Crippen LogP contribution >= 0.6 is 11.6 Å². The molecule has 3 aromatic heterocycles. The summed E-state index contributed by atoms with van der Waals surface area (Å²) < 4.78 is 8.38. The van der Waals surface area contributed by atoms with Crippen LogP contribution in [0.4, 0.5) is 5.69 Å². The fourth-order valence-electron chi connectivity index (χ4n) is 3.23. The van der Waals surface area contributed by atoms with Gasteiger partial charge in [0.1, 0.15) is 22.6 Å². The van der Waals surface area contributed by atoms with Gasteiger partial charge in [0, 0.05) is 29.2 Å². The highest BCUT2D eigenvalue weighted by molar-refractivity contribution is 6.31. The Hall–Kier alpha value is -3.47. The number of fused-ring (bicyclic) bond motifs is 1. The number of aliphatic hydroxyl groups excluding tert-OH is 1. The van der Waals surface area contributed by atoms with Crippen LogP contribution < -0.4 is 10.1 Å². The predicted molar refractivity (Wildman–Crippen MR) is 118 cm³/mol. The average Bonchev–Trinajstić information content (AvgIpc) is 3.37. The van der Waals surface area contributed by atoms with Gasteiger partial charge in [-0.25, -0.2) is 9.50 Å². The van der Waals surface area contributed by atoms with Gasteiger partial charge in [-0.2, -0.15) is 10.2 Å². The lowest BCUT2D eigenvalue weighted by atomic mass is 10.1. The highest BCUT2D eigenvalue weighted by Crippen LogP contribution is 2.36. The van der Waals surface area contributed by atoms with Gasteiger partial charge in [0.25, 0.3) is 5.91 Å². The SMILES string of the molecule is COc1ccc(Cl)cc1-c1nn(C[C@](C)(O)CO)cc1NC(=O)c1cnn2cccnc12. The predicted octanol–water partition coefficient (Wildman–Crippen LogP) is 2.25. The Morgan fingerprint density at radius 2 is 2.19 bits per heavy atom. The van der Waals surface area contributed by atoms with Crippen LogP contribution in [-0.4, -0.2) is 59.8 Å². The Bertz CT molecular complexity index is 1280. The second-order valence-electron chi connectivity index (χ2n) is 7.49. The number of amides is 1. The first-order valence-electron chi connectivity index (χ1n) is 9.65. The average molecular weight is 457 g/mol. The third-order valence-electron chi connectivity index (χ3n) is 4.79. The largest absolute Gasteiger partial charge is 0.496 e. The maximum Gasteiger partial charge on any atom is 0.261 e. The summed E-state index contributed by atoms with van der Waals surface area (Å²) >= 11 is 6.19. The van der Waals surface area contributed by atoms with E-state index in [4.69, 9.17) is 16.3 Å². The fraction of sp³-hybridized carbons (Fsp3) is 0.238. The number of anilines is 1. The van der Waals surface area contributed by atoms with E-state index in [2.05, 4.69) is 20.5 Å². The Kier molecular flexibility index (Phi) is 5.83. The second-order valence-corrected chi connectivity index (χ2v) is 7.93. The van der Waals surface area contributed by atoms with Gasteiger partial charge in [0.05, 0.1) is 32.1 Å². The van der Waals surface area contributed by atoms with Crippen LogP contribution in [0.5, 0.6) is 5.75 Å². The fourth-order valence-corrected chi connectivity index (χ4v) is 3.41. The third-order valence-corrected chi connectivity index (χ3v) is 5.03. The van der Waals surface area contributed by atoms with Crippen molar-refractivity contribution >= 4 is 28.8 Å². The van der Waals surface area contributed by atoms with Crippen molar-refractivity contribution in [3.63, 3.8) is 0 Å². The second kappa shape index (κ2) is 8.58. The van der Waals surface area contributed by atoms with Gasteiger partial charge in [-0.3, -0.25) is 9.48 Å². The normalized spacial score (nSPS) is 13.2. The molecule has 3 N–H and O–H groups in total. The van der Waals surface area contributed by atoms with Gasteiger partial charge in [0.15, 0.2) is 5.65 Å². The molecule has 1 atom stereocenters. The molecule has 0 saturated heterocycles. The molecule has 0 fully saturated rings. The number of benzene rings is 1. The third kappa shape index (κ3) is 4.28. The molecule has 1 aromatic carbocycles. The van der Waals surface area contributed by atoms with Crippen molar-refractivity contribution in [3.8, 4) is 17.0 Å². The maximum absolute atomic E-state index is 13.1. The summed E-state index contributed by atoms with van der Waals surface area (Å²) in [5, 5.41) is 31.7. The molecule has 3 heterocycles. The quantitative estimate of drug-likeness (QED) is 0.389. The van der Waals surface area contributed by atoms with Crippen molar-refractivity contribution in [1.82, 2.24) is 24.4 Å². The molecule has 0 saturated carbocycles. The molecule has 0 unspecified atom stereocenters. The minimum atomic E-state index is -1.41. The number of halogens is 1. The van der Waals surface area contributed by atoms with Crippen LogP contribution in [0.3, 0.4) is 0 Å². The molecule has 0 bridgehead atoms. The minimum Gasteiger partial charge on any atom is -0.496 e. The first-order valence-corrected chi connectivity index (χ1v) is 10.0. The molecule has 0 aliphatic heterocycles. The Morgan fingerprint density at radius 1 is 1.38 bits per heavy atom. The summed E-state index contributed by atoms with van der Waals surface area (Å²) in [5.41, 5.74) is 0.577. The van der Waals surface area contributed by atoms with Crippen LogP contribution in [0.15, 0.2) is 49.1 Å². The molecule has 0 radical (unpaired) electrons. The lowest BCUT2D eigenvalue weighted by Gasteiger charge is -2.19. The number of carbonyl (C=O) groups is 1. The first kappa shape index (κ1) is 21.8. The van der Waals surface area contributed by atoms with E-state index in [-0.39, 0.29) is 12.1 Å².